The molecule has 2 N–H and O–H groups in total. The molecule has 0 aliphatic rings. The van der Waals surface area contributed by atoms with Gasteiger partial charge in [0.1, 0.15) is 10.7 Å². The summed E-state index contributed by atoms with van der Waals surface area (Å²) >= 11 is 7.62. The number of benzene rings is 1. The summed E-state index contributed by atoms with van der Waals surface area (Å²) in [6.45, 7) is 2.70. The third-order valence-corrected chi connectivity index (χ3v) is 5.04. The van der Waals surface area contributed by atoms with Crippen molar-refractivity contribution >= 4 is 39.1 Å². The molecule has 0 saturated heterocycles. The second-order valence-corrected chi connectivity index (χ2v) is 6.97. The van der Waals surface area contributed by atoms with E-state index in [2.05, 4.69) is 22.2 Å². The molecular weight excluding hydrogens is 358 g/mol. The van der Waals surface area contributed by atoms with Gasteiger partial charge in [-0.1, -0.05) is 43.1 Å². The fourth-order valence-electron chi connectivity index (χ4n) is 2.57. The Morgan fingerprint density at radius 3 is 2.88 bits per heavy atom. The van der Waals surface area contributed by atoms with Gasteiger partial charge in [0.25, 0.3) is 5.56 Å². The summed E-state index contributed by atoms with van der Waals surface area (Å²) in [5, 5.41) is 5.79. The Kier molecular flexibility index (Phi) is 5.50. The molecule has 2 heterocycles. The van der Waals surface area contributed by atoms with E-state index in [1.165, 1.54) is 11.3 Å². The fraction of sp³-hybridized carbons (Fsp3) is 0.278. The van der Waals surface area contributed by atoms with Gasteiger partial charge in [-0.05, 0) is 12.5 Å². The number of halogens is 1. The van der Waals surface area contributed by atoms with Crippen LogP contribution in [0.25, 0.3) is 21.3 Å². The van der Waals surface area contributed by atoms with Crippen molar-refractivity contribution in [3.63, 3.8) is 0 Å². The van der Waals surface area contributed by atoms with Gasteiger partial charge >= 0.3 is 0 Å². The van der Waals surface area contributed by atoms with Gasteiger partial charge in [0.2, 0.25) is 5.91 Å². The van der Waals surface area contributed by atoms with E-state index in [1.54, 1.807) is 6.07 Å². The van der Waals surface area contributed by atoms with E-state index in [4.69, 9.17) is 11.6 Å². The number of amides is 1. The van der Waals surface area contributed by atoms with Crippen LogP contribution in [-0.4, -0.2) is 22.4 Å². The topological polar surface area (TPSA) is 74.8 Å². The highest BCUT2D eigenvalue weighted by atomic mass is 35.5. The predicted octanol–water partition coefficient (Wildman–Crippen LogP) is 3.76. The van der Waals surface area contributed by atoms with Gasteiger partial charge in [0.05, 0.1) is 11.8 Å². The summed E-state index contributed by atoms with van der Waals surface area (Å²) in [6, 6.07) is 7.38. The molecule has 0 radical (unpaired) electrons. The van der Waals surface area contributed by atoms with Crippen LogP contribution >= 0.6 is 22.9 Å². The molecule has 7 heteroatoms. The summed E-state index contributed by atoms with van der Waals surface area (Å²) in [6.07, 6.45) is 2.01. The van der Waals surface area contributed by atoms with Crippen LogP contribution in [0, 0.1) is 0 Å². The lowest BCUT2D eigenvalue weighted by atomic mass is 10.1. The normalized spacial score (nSPS) is 11.0. The van der Waals surface area contributed by atoms with E-state index in [1.807, 2.05) is 23.6 Å². The molecule has 0 atom stereocenters. The molecule has 2 aromatic heterocycles. The van der Waals surface area contributed by atoms with Gasteiger partial charge in [0, 0.05) is 28.1 Å². The number of hydrogen-bond donors (Lipinski definition) is 2. The van der Waals surface area contributed by atoms with Crippen LogP contribution in [0.3, 0.4) is 0 Å². The smallest absolute Gasteiger partial charge is 0.260 e. The van der Waals surface area contributed by atoms with Crippen molar-refractivity contribution in [1.29, 1.82) is 0 Å². The number of rotatable bonds is 6. The van der Waals surface area contributed by atoms with Crippen molar-refractivity contribution in [2.75, 3.05) is 6.54 Å². The lowest BCUT2D eigenvalue weighted by Gasteiger charge is -2.05. The zero-order valence-electron chi connectivity index (χ0n) is 13.8. The minimum absolute atomic E-state index is 0.0637. The minimum Gasteiger partial charge on any atom is -0.356 e. The fourth-order valence-corrected chi connectivity index (χ4v) is 3.77. The molecular formula is C18H18ClN3O2S. The predicted molar refractivity (Wildman–Crippen MR) is 102 cm³/mol. The Labute approximate surface area is 154 Å². The lowest BCUT2D eigenvalue weighted by Crippen LogP contribution is -2.27. The zero-order chi connectivity index (χ0) is 17.8. The second kappa shape index (κ2) is 7.80. The molecule has 25 heavy (non-hydrogen) atoms. The highest BCUT2D eigenvalue weighted by Crippen LogP contribution is 2.34. The summed E-state index contributed by atoms with van der Waals surface area (Å²) in [7, 11) is 0. The average Bonchev–Trinajstić information content (AvgIpc) is 3.00. The minimum atomic E-state index is -0.252. The molecule has 0 bridgehead atoms. The first kappa shape index (κ1) is 17.6. The van der Waals surface area contributed by atoms with Gasteiger partial charge in [-0.2, -0.15) is 0 Å². The van der Waals surface area contributed by atoms with Gasteiger partial charge < -0.3 is 10.3 Å². The van der Waals surface area contributed by atoms with Crippen LogP contribution in [0.4, 0.5) is 0 Å². The standard InChI is InChI=1S/C18H18ClN3O2S/c1-2-3-8-20-15(23)9-14-21-17(24)16-12(10-25-18(16)22-14)11-6-4-5-7-13(11)19/h4-7,10H,2-3,8-9H2,1H3,(H,20,23)(H,21,22,24). The molecule has 0 unspecified atom stereocenters. The summed E-state index contributed by atoms with van der Waals surface area (Å²) in [5.41, 5.74) is 1.31. The summed E-state index contributed by atoms with van der Waals surface area (Å²) in [4.78, 5) is 32.2. The number of H-pyrrole nitrogens is 1. The highest BCUT2D eigenvalue weighted by molar-refractivity contribution is 7.17. The average molecular weight is 376 g/mol. The van der Waals surface area contributed by atoms with Gasteiger partial charge in [0.15, 0.2) is 0 Å². The molecule has 3 aromatic rings. The van der Waals surface area contributed by atoms with E-state index in [0.29, 0.717) is 27.6 Å². The quantitative estimate of drug-likeness (QED) is 0.644. The first-order valence-electron chi connectivity index (χ1n) is 8.12. The number of nitrogens with one attached hydrogen (secondary N) is 2. The number of nitrogens with zero attached hydrogens (tertiary/aromatic N) is 1. The third-order valence-electron chi connectivity index (χ3n) is 3.84. The van der Waals surface area contributed by atoms with E-state index in [9.17, 15) is 9.59 Å². The Hall–Kier alpha value is -2.18. The van der Waals surface area contributed by atoms with E-state index in [-0.39, 0.29) is 17.9 Å². The third kappa shape index (κ3) is 3.91. The molecule has 0 aliphatic heterocycles. The monoisotopic (exact) mass is 375 g/mol. The number of unbranched alkanes of at least 4 members (excludes halogenated alkanes) is 1. The maximum atomic E-state index is 12.5. The highest BCUT2D eigenvalue weighted by Gasteiger charge is 2.15. The van der Waals surface area contributed by atoms with Gasteiger partial charge in [-0.25, -0.2) is 4.98 Å². The van der Waals surface area contributed by atoms with Gasteiger partial charge in [-0.15, -0.1) is 11.3 Å². The van der Waals surface area contributed by atoms with Gasteiger partial charge in [-0.3, -0.25) is 9.59 Å². The van der Waals surface area contributed by atoms with Crippen molar-refractivity contribution < 1.29 is 4.79 Å². The maximum absolute atomic E-state index is 12.5. The number of aromatic amines is 1. The molecule has 0 spiro atoms. The molecule has 1 amide bonds. The molecule has 0 fully saturated rings. The Morgan fingerprint density at radius 2 is 2.12 bits per heavy atom. The Morgan fingerprint density at radius 1 is 1.32 bits per heavy atom. The van der Waals surface area contributed by atoms with E-state index < -0.39 is 0 Å². The lowest BCUT2D eigenvalue weighted by molar-refractivity contribution is -0.120. The van der Waals surface area contributed by atoms with Crippen LogP contribution in [-0.2, 0) is 11.2 Å². The molecule has 1 aromatic carbocycles. The van der Waals surface area contributed by atoms with Crippen LogP contribution < -0.4 is 10.9 Å². The molecule has 5 nitrogen and oxygen atoms in total. The summed E-state index contributed by atoms with van der Waals surface area (Å²) < 4.78 is 0. The SMILES string of the molecule is CCCCNC(=O)Cc1nc2scc(-c3ccccc3Cl)c2c(=O)[nH]1. The largest absolute Gasteiger partial charge is 0.356 e. The van der Waals surface area contributed by atoms with Crippen molar-refractivity contribution in [3.05, 3.63) is 50.8 Å². The zero-order valence-corrected chi connectivity index (χ0v) is 15.3. The first-order valence-corrected chi connectivity index (χ1v) is 9.38. The van der Waals surface area contributed by atoms with Crippen molar-refractivity contribution in [2.45, 2.75) is 26.2 Å². The summed E-state index contributed by atoms with van der Waals surface area (Å²) in [5.74, 6) is 0.234. The van der Waals surface area contributed by atoms with E-state index in [0.717, 1.165) is 24.0 Å². The molecule has 0 aliphatic carbocycles. The van der Waals surface area contributed by atoms with Crippen molar-refractivity contribution in [3.8, 4) is 11.1 Å². The van der Waals surface area contributed by atoms with Crippen molar-refractivity contribution in [1.82, 2.24) is 15.3 Å². The number of thiophene rings is 1. The van der Waals surface area contributed by atoms with Crippen LogP contribution in [0.15, 0.2) is 34.4 Å². The maximum Gasteiger partial charge on any atom is 0.260 e. The number of aromatic nitrogens is 2. The molecule has 0 saturated carbocycles. The first-order chi connectivity index (χ1) is 12.1. The second-order valence-electron chi connectivity index (χ2n) is 5.70. The number of fused-ring (bicyclic) bond motifs is 1. The number of carbonyl (C=O) groups is 1. The number of hydrogen-bond acceptors (Lipinski definition) is 4. The van der Waals surface area contributed by atoms with Crippen molar-refractivity contribution in [2.24, 2.45) is 0 Å². The Balaban J connectivity index is 1.91. The number of carbonyl (C=O) groups excluding carboxylic acids is 1. The van der Waals surface area contributed by atoms with Crippen LogP contribution in [0.5, 0.6) is 0 Å². The molecule has 3 rings (SSSR count). The van der Waals surface area contributed by atoms with Crippen LogP contribution in [0.1, 0.15) is 25.6 Å². The van der Waals surface area contributed by atoms with Crippen LogP contribution in [0.2, 0.25) is 5.02 Å². The van der Waals surface area contributed by atoms with E-state index >= 15 is 0 Å². The Bertz CT molecular complexity index is 964. The molecule has 130 valence electrons.